The summed E-state index contributed by atoms with van der Waals surface area (Å²) in [5.74, 6) is 0. The molecular weight excluding hydrogens is 284 g/mol. The molecule has 3 rings (SSSR count). The molecule has 1 saturated carbocycles. The molecule has 1 spiro atoms. The molecule has 114 valence electrons. The van der Waals surface area contributed by atoms with Crippen LogP contribution in [0.25, 0.3) is 0 Å². The maximum absolute atomic E-state index is 12.5. The highest BCUT2D eigenvalue weighted by atomic mass is 32.1. The molecule has 0 radical (unpaired) electrons. The van der Waals surface area contributed by atoms with Crippen molar-refractivity contribution in [2.45, 2.75) is 63.7 Å². The van der Waals surface area contributed by atoms with Crippen molar-refractivity contribution in [3.8, 4) is 0 Å². The number of hydrogen-bond acceptors (Lipinski definition) is 3. The van der Waals surface area contributed by atoms with E-state index in [0.717, 1.165) is 18.5 Å². The summed E-state index contributed by atoms with van der Waals surface area (Å²) in [6.07, 6.45) is 7.16. The predicted octanol–water partition coefficient (Wildman–Crippen LogP) is 2.28. The molecule has 0 bridgehead atoms. The number of rotatable bonds is 3. The van der Waals surface area contributed by atoms with E-state index in [-0.39, 0.29) is 22.3 Å². The van der Waals surface area contributed by atoms with Crippen LogP contribution >= 0.6 is 12.2 Å². The van der Waals surface area contributed by atoms with Gasteiger partial charge in [0.05, 0.1) is 23.8 Å². The highest BCUT2D eigenvalue weighted by molar-refractivity contribution is 7.80. The standard InChI is InChI=1S/C16H22N2O2S/c1-11-4-5-13(14(17)21)15(19)18(11)10-12-6-9-16(20-12)7-2-3-8-16/h4-5,12H,2-3,6-10H2,1H3,(H2,17,21). The fourth-order valence-electron chi connectivity index (χ4n) is 3.70. The smallest absolute Gasteiger partial charge is 0.261 e. The van der Waals surface area contributed by atoms with Crippen LogP contribution in [-0.4, -0.2) is 21.3 Å². The largest absolute Gasteiger partial charge is 0.389 e. The van der Waals surface area contributed by atoms with Crippen molar-refractivity contribution >= 4 is 17.2 Å². The summed E-state index contributed by atoms with van der Waals surface area (Å²) in [4.78, 5) is 12.6. The third kappa shape index (κ3) is 2.77. The van der Waals surface area contributed by atoms with Crippen LogP contribution < -0.4 is 11.3 Å². The molecular formula is C16H22N2O2S. The van der Waals surface area contributed by atoms with Crippen LogP contribution in [0.4, 0.5) is 0 Å². The molecule has 1 atom stereocenters. The van der Waals surface area contributed by atoms with Crippen molar-refractivity contribution in [3.05, 3.63) is 33.7 Å². The molecule has 0 amide bonds. The van der Waals surface area contributed by atoms with Gasteiger partial charge in [-0.15, -0.1) is 0 Å². The fraction of sp³-hybridized carbons (Fsp3) is 0.625. The number of aryl methyl sites for hydroxylation is 1. The molecule has 1 aliphatic carbocycles. The van der Waals surface area contributed by atoms with Gasteiger partial charge in [-0.05, 0) is 44.7 Å². The van der Waals surface area contributed by atoms with E-state index in [0.29, 0.717) is 12.1 Å². The van der Waals surface area contributed by atoms with Gasteiger partial charge in [-0.2, -0.15) is 0 Å². The quantitative estimate of drug-likeness (QED) is 0.871. The van der Waals surface area contributed by atoms with Crippen LogP contribution in [0.3, 0.4) is 0 Å². The summed E-state index contributed by atoms with van der Waals surface area (Å²) in [7, 11) is 0. The number of pyridine rings is 1. The number of thiocarbonyl (C=S) groups is 1. The molecule has 2 fully saturated rings. The summed E-state index contributed by atoms with van der Waals surface area (Å²) in [6, 6.07) is 3.61. The van der Waals surface area contributed by atoms with E-state index in [1.807, 2.05) is 13.0 Å². The Morgan fingerprint density at radius 3 is 2.81 bits per heavy atom. The summed E-state index contributed by atoms with van der Waals surface area (Å²) in [5.41, 5.74) is 6.97. The lowest BCUT2D eigenvalue weighted by Crippen LogP contribution is -2.34. The molecule has 2 heterocycles. The van der Waals surface area contributed by atoms with Gasteiger partial charge in [0.15, 0.2) is 0 Å². The number of nitrogens with two attached hydrogens (primary N) is 1. The van der Waals surface area contributed by atoms with Gasteiger partial charge in [0.25, 0.3) is 5.56 Å². The molecule has 1 aromatic heterocycles. The maximum Gasteiger partial charge on any atom is 0.261 e. The number of ether oxygens (including phenoxy) is 1. The van der Waals surface area contributed by atoms with Crippen LogP contribution in [0, 0.1) is 6.92 Å². The van der Waals surface area contributed by atoms with Gasteiger partial charge < -0.3 is 15.0 Å². The Kier molecular flexibility index (Phi) is 3.88. The Hall–Kier alpha value is -1.20. The first-order valence-corrected chi connectivity index (χ1v) is 8.10. The van der Waals surface area contributed by atoms with Crippen molar-refractivity contribution < 1.29 is 4.74 Å². The number of hydrogen-bond donors (Lipinski definition) is 1. The molecule has 5 heteroatoms. The molecule has 4 nitrogen and oxygen atoms in total. The number of nitrogens with zero attached hydrogens (tertiary/aromatic N) is 1. The van der Waals surface area contributed by atoms with E-state index in [9.17, 15) is 4.79 Å². The van der Waals surface area contributed by atoms with Gasteiger partial charge in [-0.1, -0.05) is 25.1 Å². The lowest BCUT2D eigenvalue weighted by atomic mass is 9.98. The van der Waals surface area contributed by atoms with Gasteiger partial charge in [0.2, 0.25) is 0 Å². The Balaban J connectivity index is 1.81. The first-order chi connectivity index (χ1) is 10.0. The second-order valence-electron chi connectivity index (χ2n) is 6.34. The van der Waals surface area contributed by atoms with Crippen molar-refractivity contribution in [3.63, 3.8) is 0 Å². The molecule has 1 unspecified atom stereocenters. The summed E-state index contributed by atoms with van der Waals surface area (Å²) in [5, 5.41) is 0. The minimum atomic E-state index is -0.0986. The fourth-order valence-corrected chi connectivity index (χ4v) is 3.86. The van der Waals surface area contributed by atoms with Crippen molar-refractivity contribution in [2.75, 3.05) is 0 Å². The molecule has 2 N–H and O–H groups in total. The first-order valence-electron chi connectivity index (χ1n) is 7.69. The van der Waals surface area contributed by atoms with Crippen LogP contribution in [-0.2, 0) is 11.3 Å². The van der Waals surface area contributed by atoms with Crippen LogP contribution in [0.1, 0.15) is 49.8 Å². The molecule has 1 aliphatic heterocycles. The maximum atomic E-state index is 12.5. The average Bonchev–Trinajstić information content (AvgIpc) is 3.05. The van der Waals surface area contributed by atoms with Crippen molar-refractivity contribution in [2.24, 2.45) is 5.73 Å². The Morgan fingerprint density at radius 2 is 2.14 bits per heavy atom. The lowest BCUT2D eigenvalue weighted by molar-refractivity contribution is -0.0423. The van der Waals surface area contributed by atoms with E-state index in [1.54, 1.807) is 10.6 Å². The Morgan fingerprint density at radius 1 is 1.43 bits per heavy atom. The van der Waals surface area contributed by atoms with E-state index < -0.39 is 0 Å². The van der Waals surface area contributed by atoms with Crippen LogP contribution in [0.2, 0.25) is 0 Å². The van der Waals surface area contributed by atoms with Crippen LogP contribution in [0.15, 0.2) is 16.9 Å². The SMILES string of the molecule is Cc1ccc(C(N)=S)c(=O)n1CC1CCC2(CCCC2)O1. The summed E-state index contributed by atoms with van der Waals surface area (Å²) in [6.45, 7) is 2.54. The van der Waals surface area contributed by atoms with Gasteiger partial charge in [0, 0.05) is 5.69 Å². The second-order valence-corrected chi connectivity index (χ2v) is 6.78. The first kappa shape index (κ1) is 14.7. The van der Waals surface area contributed by atoms with Gasteiger partial charge >= 0.3 is 0 Å². The molecule has 2 aliphatic rings. The lowest BCUT2D eigenvalue weighted by Gasteiger charge is -2.24. The monoisotopic (exact) mass is 306 g/mol. The minimum absolute atomic E-state index is 0.0986. The van der Waals surface area contributed by atoms with E-state index in [2.05, 4.69) is 0 Å². The van der Waals surface area contributed by atoms with E-state index >= 15 is 0 Å². The summed E-state index contributed by atoms with van der Waals surface area (Å²) >= 11 is 4.95. The zero-order valence-electron chi connectivity index (χ0n) is 12.4. The van der Waals surface area contributed by atoms with E-state index in [4.69, 9.17) is 22.7 Å². The van der Waals surface area contributed by atoms with Gasteiger partial charge in [-0.3, -0.25) is 4.79 Å². The van der Waals surface area contributed by atoms with Gasteiger partial charge in [0.1, 0.15) is 4.99 Å². The highest BCUT2D eigenvalue weighted by Crippen LogP contribution is 2.43. The third-order valence-electron chi connectivity index (χ3n) is 4.90. The summed E-state index contributed by atoms with van der Waals surface area (Å²) < 4.78 is 8.06. The molecule has 0 aromatic carbocycles. The Labute approximate surface area is 130 Å². The second kappa shape index (κ2) is 5.54. The molecule has 1 saturated heterocycles. The van der Waals surface area contributed by atoms with Gasteiger partial charge in [-0.25, -0.2) is 0 Å². The van der Waals surface area contributed by atoms with Crippen molar-refractivity contribution in [1.82, 2.24) is 4.57 Å². The zero-order valence-corrected chi connectivity index (χ0v) is 13.2. The van der Waals surface area contributed by atoms with Crippen molar-refractivity contribution in [1.29, 1.82) is 0 Å². The zero-order chi connectivity index (χ0) is 15.0. The topological polar surface area (TPSA) is 57.2 Å². The van der Waals surface area contributed by atoms with Crippen LogP contribution in [0.5, 0.6) is 0 Å². The third-order valence-corrected chi connectivity index (χ3v) is 5.12. The minimum Gasteiger partial charge on any atom is -0.389 e. The molecule has 1 aromatic rings. The normalized spacial score (nSPS) is 23.8. The molecule has 21 heavy (non-hydrogen) atoms. The number of aromatic nitrogens is 1. The average molecular weight is 306 g/mol. The van der Waals surface area contributed by atoms with E-state index in [1.165, 1.54) is 25.7 Å². The highest BCUT2D eigenvalue weighted by Gasteiger charge is 2.42. The predicted molar refractivity (Wildman–Crippen MR) is 86.6 cm³/mol. The Bertz CT molecular complexity index is 617.